The number of amides is 1. The van der Waals surface area contributed by atoms with Crippen molar-refractivity contribution in [2.24, 2.45) is 0 Å². The van der Waals surface area contributed by atoms with Crippen LogP contribution >= 0.6 is 11.3 Å². The van der Waals surface area contributed by atoms with Crippen molar-refractivity contribution in [2.75, 3.05) is 6.54 Å². The Morgan fingerprint density at radius 3 is 2.72 bits per heavy atom. The number of aryl methyl sites for hydroxylation is 1. The van der Waals surface area contributed by atoms with Gasteiger partial charge >= 0.3 is 12.1 Å². The number of likely N-dealkylation sites (tertiary alicyclic amines) is 1. The minimum absolute atomic E-state index is 0.0107. The van der Waals surface area contributed by atoms with E-state index in [4.69, 9.17) is 5.11 Å². The van der Waals surface area contributed by atoms with Crippen LogP contribution in [0.2, 0.25) is 0 Å². The molecule has 1 amide bonds. The smallest absolute Gasteiger partial charge is 0.416 e. The molecule has 1 fully saturated rings. The number of benzene rings is 1. The molecule has 0 radical (unpaired) electrons. The second-order valence-corrected chi connectivity index (χ2v) is 9.26. The minimum atomic E-state index is -4.41. The summed E-state index contributed by atoms with van der Waals surface area (Å²) in [5.74, 6) is -0.875. The summed E-state index contributed by atoms with van der Waals surface area (Å²) in [7, 11) is 0. The van der Waals surface area contributed by atoms with E-state index in [0.717, 1.165) is 17.0 Å². The zero-order valence-corrected chi connectivity index (χ0v) is 18.3. The average molecular weight is 470 g/mol. The Morgan fingerprint density at radius 2 is 2.03 bits per heavy atom. The van der Waals surface area contributed by atoms with Gasteiger partial charge in [-0.2, -0.15) is 13.2 Å². The van der Waals surface area contributed by atoms with Crippen LogP contribution in [0, 0.1) is 0 Å². The molecule has 2 heterocycles. The fourth-order valence-corrected chi connectivity index (χ4v) is 4.97. The molecule has 3 rings (SSSR count). The number of aromatic carboxylic acids is 1. The molecule has 1 aromatic heterocycles. The van der Waals surface area contributed by atoms with E-state index in [9.17, 15) is 27.9 Å². The molecule has 0 bridgehead atoms. The molecule has 1 aliphatic heterocycles. The molecule has 5 nitrogen and oxygen atoms in total. The summed E-state index contributed by atoms with van der Waals surface area (Å²) >= 11 is 1.24. The Labute approximate surface area is 188 Å². The van der Waals surface area contributed by atoms with Crippen molar-refractivity contribution in [2.45, 2.75) is 63.3 Å². The summed E-state index contributed by atoms with van der Waals surface area (Å²) in [6.07, 6.45) is -1.50. The number of nitrogens with zero attached hydrogens (tertiary/aromatic N) is 1. The van der Waals surface area contributed by atoms with Crippen LogP contribution in [0.4, 0.5) is 13.2 Å². The summed E-state index contributed by atoms with van der Waals surface area (Å²) in [4.78, 5) is 26.3. The van der Waals surface area contributed by atoms with Gasteiger partial charge < -0.3 is 15.1 Å². The molecule has 2 atom stereocenters. The van der Waals surface area contributed by atoms with Gasteiger partial charge in [0.05, 0.1) is 11.7 Å². The average Bonchev–Trinajstić information content (AvgIpc) is 3.34. The third-order valence-corrected chi connectivity index (χ3v) is 6.84. The number of thiophene rings is 1. The van der Waals surface area contributed by atoms with Crippen LogP contribution in [0.1, 0.15) is 57.8 Å². The molecule has 2 N–H and O–H groups in total. The zero-order chi connectivity index (χ0) is 23.3. The topological polar surface area (TPSA) is 77.8 Å². The van der Waals surface area contributed by atoms with Crippen molar-refractivity contribution in [1.29, 1.82) is 0 Å². The molecule has 1 aromatic carbocycles. The number of carboxylic acid groups (broad SMARTS) is 1. The highest BCUT2D eigenvalue weighted by Crippen LogP contribution is 2.30. The number of carbonyl (C=O) groups excluding carboxylic acids is 1. The number of alkyl halides is 3. The molecule has 174 valence electrons. The van der Waals surface area contributed by atoms with E-state index in [0.29, 0.717) is 55.5 Å². The van der Waals surface area contributed by atoms with Crippen LogP contribution in [0.5, 0.6) is 0 Å². The van der Waals surface area contributed by atoms with E-state index < -0.39 is 23.8 Å². The van der Waals surface area contributed by atoms with Crippen molar-refractivity contribution < 1.29 is 33.0 Å². The van der Waals surface area contributed by atoms with E-state index in [1.165, 1.54) is 17.4 Å². The second kappa shape index (κ2) is 10.5. The largest absolute Gasteiger partial charge is 0.477 e. The fraction of sp³-hybridized carbons (Fsp3) is 0.478. The molecule has 1 aliphatic rings. The van der Waals surface area contributed by atoms with Crippen LogP contribution in [-0.2, 0) is 23.8 Å². The van der Waals surface area contributed by atoms with Crippen molar-refractivity contribution in [3.63, 3.8) is 0 Å². The van der Waals surface area contributed by atoms with Gasteiger partial charge in [0.25, 0.3) is 0 Å². The SMILES string of the molecule is O=C(O)c1ccc(CCCN2C(=O)CCC2CCC(O)Cc2cccc(C(F)(F)F)c2)s1. The predicted molar refractivity (Wildman–Crippen MR) is 115 cm³/mol. The Kier molecular flexibility index (Phi) is 7.95. The number of halogens is 3. The van der Waals surface area contributed by atoms with E-state index in [1.807, 2.05) is 4.90 Å². The first-order chi connectivity index (χ1) is 15.1. The molecule has 0 spiro atoms. The molecule has 2 unspecified atom stereocenters. The fourth-order valence-electron chi connectivity index (χ4n) is 4.09. The zero-order valence-electron chi connectivity index (χ0n) is 17.5. The maximum atomic E-state index is 12.9. The lowest BCUT2D eigenvalue weighted by atomic mass is 9.99. The van der Waals surface area contributed by atoms with Crippen LogP contribution in [0.15, 0.2) is 36.4 Å². The van der Waals surface area contributed by atoms with Gasteiger partial charge in [0.2, 0.25) is 5.91 Å². The van der Waals surface area contributed by atoms with E-state index in [1.54, 1.807) is 18.2 Å². The van der Waals surface area contributed by atoms with Crippen molar-refractivity contribution >= 4 is 23.2 Å². The number of hydrogen-bond donors (Lipinski definition) is 2. The second-order valence-electron chi connectivity index (χ2n) is 8.09. The first kappa shape index (κ1) is 24.3. The summed E-state index contributed by atoms with van der Waals surface area (Å²) < 4.78 is 38.6. The molecule has 0 saturated carbocycles. The van der Waals surface area contributed by atoms with Crippen LogP contribution < -0.4 is 0 Å². The molecule has 1 saturated heterocycles. The Morgan fingerprint density at radius 1 is 1.25 bits per heavy atom. The number of carbonyl (C=O) groups is 2. The molecule has 9 heteroatoms. The summed E-state index contributed by atoms with van der Waals surface area (Å²) in [5.41, 5.74) is -0.292. The Bertz CT molecular complexity index is 943. The standard InChI is InChI=1S/C23H26F3NO4S/c24-23(25,26)16-4-1-3-15(13-16)14-18(28)8-6-17-7-11-21(29)27(17)12-2-5-19-9-10-20(32-19)22(30)31/h1,3-4,9-10,13,17-18,28H,2,5-8,11-12,14H2,(H,30,31). The summed E-state index contributed by atoms with van der Waals surface area (Å²) in [6, 6.07) is 8.38. The predicted octanol–water partition coefficient (Wildman–Crippen LogP) is 4.77. The molecule has 32 heavy (non-hydrogen) atoms. The lowest BCUT2D eigenvalue weighted by Gasteiger charge is -2.25. The lowest BCUT2D eigenvalue weighted by Crippen LogP contribution is -2.34. The third-order valence-electron chi connectivity index (χ3n) is 5.71. The maximum absolute atomic E-state index is 12.9. The van der Waals surface area contributed by atoms with Gasteiger partial charge in [-0.15, -0.1) is 11.3 Å². The number of rotatable bonds is 10. The number of carboxylic acids is 1. The van der Waals surface area contributed by atoms with Crippen LogP contribution in [0.3, 0.4) is 0 Å². The minimum Gasteiger partial charge on any atom is -0.477 e. The monoisotopic (exact) mass is 469 g/mol. The maximum Gasteiger partial charge on any atom is 0.416 e. The number of aliphatic hydroxyl groups excluding tert-OH is 1. The molecule has 0 aliphatic carbocycles. The van der Waals surface area contributed by atoms with Crippen molar-refractivity contribution in [3.05, 3.63) is 57.3 Å². The number of aliphatic hydroxyl groups is 1. The van der Waals surface area contributed by atoms with E-state index >= 15 is 0 Å². The molecule has 2 aromatic rings. The highest BCUT2D eigenvalue weighted by molar-refractivity contribution is 7.13. The van der Waals surface area contributed by atoms with Crippen molar-refractivity contribution in [3.8, 4) is 0 Å². The van der Waals surface area contributed by atoms with E-state index in [2.05, 4.69) is 0 Å². The van der Waals surface area contributed by atoms with Gasteiger partial charge in [-0.05, 0) is 62.3 Å². The highest BCUT2D eigenvalue weighted by Gasteiger charge is 2.32. The van der Waals surface area contributed by atoms with Crippen LogP contribution in [0.25, 0.3) is 0 Å². The highest BCUT2D eigenvalue weighted by atomic mass is 32.1. The quantitative estimate of drug-likeness (QED) is 0.525. The van der Waals surface area contributed by atoms with E-state index in [-0.39, 0.29) is 18.4 Å². The van der Waals surface area contributed by atoms with Gasteiger partial charge in [0, 0.05) is 23.9 Å². The van der Waals surface area contributed by atoms with Gasteiger partial charge in [-0.1, -0.05) is 18.2 Å². The first-order valence-corrected chi connectivity index (χ1v) is 11.4. The Balaban J connectivity index is 1.47. The normalized spacial score (nSPS) is 17.7. The molecular formula is C23H26F3NO4S. The van der Waals surface area contributed by atoms with Crippen molar-refractivity contribution in [1.82, 2.24) is 4.90 Å². The van der Waals surface area contributed by atoms with Crippen LogP contribution in [-0.4, -0.2) is 45.7 Å². The van der Waals surface area contributed by atoms with Gasteiger partial charge in [-0.25, -0.2) is 4.79 Å². The van der Waals surface area contributed by atoms with Gasteiger partial charge in [-0.3, -0.25) is 4.79 Å². The summed E-state index contributed by atoms with van der Waals surface area (Å²) in [5, 5.41) is 19.3. The number of hydrogen-bond acceptors (Lipinski definition) is 4. The first-order valence-electron chi connectivity index (χ1n) is 10.6. The molecular weight excluding hydrogens is 443 g/mol. The summed E-state index contributed by atoms with van der Waals surface area (Å²) in [6.45, 7) is 0.563. The lowest BCUT2D eigenvalue weighted by molar-refractivity contribution is -0.137. The third kappa shape index (κ3) is 6.56. The van der Waals surface area contributed by atoms with Gasteiger partial charge in [0.1, 0.15) is 4.88 Å². The van der Waals surface area contributed by atoms with Gasteiger partial charge in [0.15, 0.2) is 0 Å². The Hall–Kier alpha value is -2.39.